The summed E-state index contributed by atoms with van der Waals surface area (Å²) in [5, 5.41) is 28.7. The summed E-state index contributed by atoms with van der Waals surface area (Å²) in [6.07, 6.45) is 5.20. The number of benzene rings is 3. The molecule has 0 radical (unpaired) electrons. The van der Waals surface area contributed by atoms with E-state index in [1.165, 1.54) is 39.8 Å². The van der Waals surface area contributed by atoms with Crippen LogP contribution in [0, 0.1) is 17.8 Å². The van der Waals surface area contributed by atoms with Gasteiger partial charge in [-0.25, -0.2) is 0 Å². The number of fused-ring (bicyclic) bond motifs is 5. The molecule has 174 valence electrons. The average Bonchev–Trinajstić information content (AvgIpc) is 3.18. The summed E-state index contributed by atoms with van der Waals surface area (Å²) < 4.78 is 5.65. The van der Waals surface area contributed by atoms with Crippen molar-refractivity contribution in [3.05, 3.63) is 105 Å². The molecule has 0 bridgehead atoms. The van der Waals surface area contributed by atoms with Gasteiger partial charge in [-0.2, -0.15) is 0 Å². The SMILES string of the molecule is OC(O)(O)c1ccc2c(c1)CC(C1C3Cc4ccc(Cc5cccc6c5CCOC6)cc4C31)C2. The average molecular weight is 455 g/mol. The van der Waals surface area contributed by atoms with Gasteiger partial charge in [-0.05, 0) is 106 Å². The number of hydrogen-bond acceptors (Lipinski definition) is 4. The van der Waals surface area contributed by atoms with Crippen LogP contribution in [0.15, 0.2) is 54.6 Å². The molecule has 3 N–H and O–H groups in total. The van der Waals surface area contributed by atoms with Crippen LogP contribution in [0.2, 0.25) is 0 Å². The van der Waals surface area contributed by atoms with Crippen molar-refractivity contribution >= 4 is 0 Å². The van der Waals surface area contributed by atoms with E-state index in [1.54, 1.807) is 17.7 Å². The van der Waals surface area contributed by atoms with Gasteiger partial charge < -0.3 is 20.1 Å². The third kappa shape index (κ3) is 3.36. The van der Waals surface area contributed by atoms with Crippen LogP contribution >= 0.6 is 0 Å². The van der Waals surface area contributed by atoms with E-state index in [0.717, 1.165) is 50.4 Å². The summed E-state index contributed by atoms with van der Waals surface area (Å²) in [5.74, 6) is -0.0346. The summed E-state index contributed by atoms with van der Waals surface area (Å²) in [4.78, 5) is 0. The second kappa shape index (κ2) is 7.50. The summed E-state index contributed by atoms with van der Waals surface area (Å²) in [6.45, 7) is 1.56. The normalized spacial score (nSPS) is 26.6. The minimum Gasteiger partial charge on any atom is -0.376 e. The smallest absolute Gasteiger partial charge is 0.304 e. The largest absolute Gasteiger partial charge is 0.376 e. The van der Waals surface area contributed by atoms with Gasteiger partial charge in [-0.3, -0.25) is 0 Å². The highest BCUT2D eigenvalue weighted by molar-refractivity contribution is 5.49. The van der Waals surface area contributed by atoms with Crippen molar-refractivity contribution in [1.29, 1.82) is 0 Å². The summed E-state index contributed by atoms with van der Waals surface area (Å²) in [7, 11) is 0. The molecule has 0 spiro atoms. The molecule has 4 heteroatoms. The number of aliphatic hydroxyl groups is 3. The van der Waals surface area contributed by atoms with E-state index >= 15 is 0 Å². The molecule has 7 rings (SSSR count). The van der Waals surface area contributed by atoms with E-state index in [0.29, 0.717) is 17.8 Å². The molecule has 4 aliphatic rings. The third-order valence-electron chi connectivity index (χ3n) is 8.88. The number of hydrogen-bond donors (Lipinski definition) is 3. The molecule has 0 saturated heterocycles. The Labute approximate surface area is 199 Å². The van der Waals surface area contributed by atoms with Crippen LogP contribution in [0.5, 0.6) is 0 Å². The van der Waals surface area contributed by atoms with Crippen molar-refractivity contribution in [3.63, 3.8) is 0 Å². The summed E-state index contributed by atoms with van der Waals surface area (Å²) in [6, 6.07) is 19.2. The zero-order valence-electron chi connectivity index (χ0n) is 19.2. The molecule has 4 unspecified atom stereocenters. The van der Waals surface area contributed by atoms with Crippen molar-refractivity contribution in [2.45, 2.75) is 50.6 Å². The van der Waals surface area contributed by atoms with Gasteiger partial charge in [0.2, 0.25) is 0 Å². The fraction of sp³-hybridized carbons (Fsp3) is 0.400. The van der Waals surface area contributed by atoms with Gasteiger partial charge in [0.25, 0.3) is 0 Å². The maximum atomic E-state index is 9.55. The monoisotopic (exact) mass is 454 g/mol. The van der Waals surface area contributed by atoms with Gasteiger partial charge >= 0.3 is 5.97 Å². The standard InChI is InChI=1S/C30H30O4/c31-30(32,33)24-7-6-18-12-23(13-22(18)14-24)28-27-15-20-5-4-17(11-26(20)29(27)28)10-19-2-1-3-21-16-34-9-8-25(19)21/h1-7,11,14,23,27-29,31-33H,8-10,12-13,15-16H2. The Balaban J connectivity index is 1.10. The van der Waals surface area contributed by atoms with E-state index in [4.69, 9.17) is 4.74 Å². The van der Waals surface area contributed by atoms with Crippen molar-refractivity contribution in [2.24, 2.45) is 17.8 Å². The van der Waals surface area contributed by atoms with Crippen LogP contribution in [0.1, 0.15) is 56.0 Å². The Morgan fingerprint density at radius 2 is 1.71 bits per heavy atom. The Hall–Kier alpha value is -2.50. The molecule has 3 aromatic rings. The van der Waals surface area contributed by atoms with E-state index in [1.807, 2.05) is 6.07 Å². The maximum absolute atomic E-state index is 9.55. The molecular weight excluding hydrogens is 424 g/mol. The van der Waals surface area contributed by atoms with E-state index in [9.17, 15) is 15.3 Å². The van der Waals surface area contributed by atoms with Gasteiger partial charge in [0, 0.05) is 5.56 Å². The first kappa shape index (κ1) is 20.8. The Morgan fingerprint density at radius 3 is 2.59 bits per heavy atom. The quantitative estimate of drug-likeness (QED) is 0.526. The minimum absolute atomic E-state index is 0.160. The highest BCUT2D eigenvalue weighted by Crippen LogP contribution is 2.66. The second-order valence-electron chi connectivity index (χ2n) is 10.8. The molecular formula is C30H30O4. The van der Waals surface area contributed by atoms with E-state index in [2.05, 4.69) is 36.4 Å². The van der Waals surface area contributed by atoms with Crippen LogP contribution in [0.3, 0.4) is 0 Å². The highest BCUT2D eigenvalue weighted by atomic mass is 16.7. The first-order valence-electron chi connectivity index (χ1n) is 12.5. The third-order valence-corrected chi connectivity index (χ3v) is 8.88. The van der Waals surface area contributed by atoms with Gasteiger partial charge in [0.05, 0.1) is 13.2 Å². The first-order chi connectivity index (χ1) is 16.5. The lowest BCUT2D eigenvalue weighted by Crippen LogP contribution is -2.23. The summed E-state index contributed by atoms with van der Waals surface area (Å²) in [5.41, 5.74) is 11.4. The molecule has 1 saturated carbocycles. The van der Waals surface area contributed by atoms with Crippen LogP contribution < -0.4 is 0 Å². The molecule has 3 aromatic carbocycles. The van der Waals surface area contributed by atoms with Crippen LogP contribution in [0.4, 0.5) is 0 Å². The van der Waals surface area contributed by atoms with Gasteiger partial charge in [-0.1, -0.05) is 48.5 Å². The molecule has 0 aromatic heterocycles. The van der Waals surface area contributed by atoms with Crippen molar-refractivity contribution in [3.8, 4) is 0 Å². The first-order valence-corrected chi connectivity index (χ1v) is 12.5. The summed E-state index contributed by atoms with van der Waals surface area (Å²) >= 11 is 0. The molecule has 4 nitrogen and oxygen atoms in total. The second-order valence-corrected chi connectivity index (χ2v) is 10.8. The molecule has 4 atom stereocenters. The zero-order valence-corrected chi connectivity index (χ0v) is 19.2. The van der Waals surface area contributed by atoms with Crippen LogP contribution in [-0.4, -0.2) is 21.9 Å². The lowest BCUT2D eigenvalue weighted by molar-refractivity contribution is -0.323. The Kier molecular flexibility index (Phi) is 4.59. The van der Waals surface area contributed by atoms with Gasteiger partial charge in [-0.15, -0.1) is 0 Å². The Morgan fingerprint density at radius 1 is 0.853 bits per heavy atom. The molecule has 0 amide bonds. The zero-order chi connectivity index (χ0) is 23.0. The predicted molar refractivity (Wildman–Crippen MR) is 128 cm³/mol. The predicted octanol–water partition coefficient (Wildman–Crippen LogP) is 3.74. The molecule has 34 heavy (non-hydrogen) atoms. The maximum Gasteiger partial charge on any atom is 0.304 e. The molecule has 1 fully saturated rings. The fourth-order valence-corrected chi connectivity index (χ4v) is 7.27. The van der Waals surface area contributed by atoms with E-state index in [-0.39, 0.29) is 5.56 Å². The lowest BCUT2D eigenvalue weighted by Gasteiger charge is -2.20. The molecule has 3 aliphatic carbocycles. The Bertz CT molecular complexity index is 1290. The highest BCUT2D eigenvalue weighted by Gasteiger charge is 2.58. The van der Waals surface area contributed by atoms with Crippen molar-refractivity contribution in [2.75, 3.05) is 6.61 Å². The van der Waals surface area contributed by atoms with E-state index < -0.39 is 5.97 Å². The van der Waals surface area contributed by atoms with Crippen LogP contribution in [0.25, 0.3) is 0 Å². The van der Waals surface area contributed by atoms with Gasteiger partial charge in [0.1, 0.15) is 0 Å². The lowest BCUT2D eigenvalue weighted by atomic mass is 9.89. The van der Waals surface area contributed by atoms with Crippen LogP contribution in [-0.2, 0) is 49.4 Å². The minimum atomic E-state index is -2.76. The number of rotatable bonds is 4. The topological polar surface area (TPSA) is 69.9 Å². The number of ether oxygens (including phenoxy) is 1. The fourth-order valence-electron chi connectivity index (χ4n) is 7.27. The van der Waals surface area contributed by atoms with Crippen molar-refractivity contribution < 1.29 is 20.1 Å². The molecule has 1 aliphatic heterocycles. The van der Waals surface area contributed by atoms with Gasteiger partial charge in [0.15, 0.2) is 0 Å². The van der Waals surface area contributed by atoms with Crippen molar-refractivity contribution in [1.82, 2.24) is 0 Å². The molecule has 1 heterocycles.